The summed E-state index contributed by atoms with van der Waals surface area (Å²) in [7, 11) is 0. The second-order valence-corrected chi connectivity index (χ2v) is 2.69. The zero-order valence-corrected chi connectivity index (χ0v) is 7.29. The van der Waals surface area contributed by atoms with Crippen LogP contribution in [0.5, 0.6) is 0 Å². The third-order valence-corrected chi connectivity index (χ3v) is 1.76. The van der Waals surface area contributed by atoms with Crippen LogP contribution in [0.3, 0.4) is 0 Å². The van der Waals surface area contributed by atoms with Gasteiger partial charge in [0, 0.05) is 18.0 Å². The molecule has 2 rings (SSSR count). The molecular weight excluding hydrogens is 180 g/mol. The van der Waals surface area contributed by atoms with E-state index in [0.29, 0.717) is 11.5 Å². The van der Waals surface area contributed by atoms with Gasteiger partial charge in [0.2, 0.25) is 0 Å². The maximum absolute atomic E-state index is 8.30. The van der Waals surface area contributed by atoms with E-state index >= 15 is 0 Å². The number of hydrogen-bond acceptors (Lipinski definition) is 4. The Hall–Kier alpha value is -2.10. The van der Waals surface area contributed by atoms with E-state index in [9.17, 15) is 0 Å². The first-order valence-electron chi connectivity index (χ1n) is 4.08. The van der Waals surface area contributed by atoms with Crippen molar-refractivity contribution in [2.45, 2.75) is 0 Å². The number of furan rings is 1. The van der Waals surface area contributed by atoms with Gasteiger partial charge >= 0.3 is 0 Å². The van der Waals surface area contributed by atoms with Crippen LogP contribution in [0.15, 0.2) is 46.2 Å². The summed E-state index contributed by atoms with van der Waals surface area (Å²) in [4.78, 5) is 3.97. The molecule has 2 heterocycles. The van der Waals surface area contributed by atoms with Crippen LogP contribution in [0.1, 0.15) is 5.76 Å². The number of aromatic nitrogens is 1. The molecule has 0 atom stereocenters. The van der Waals surface area contributed by atoms with Crippen LogP contribution < -0.4 is 0 Å². The predicted octanol–water partition coefficient (Wildman–Crippen LogP) is 2.15. The Labute approximate surface area is 80.5 Å². The summed E-state index contributed by atoms with van der Waals surface area (Å²) in [6.07, 6.45) is 4.64. The highest BCUT2D eigenvalue weighted by Crippen LogP contribution is 2.19. The molecule has 0 aliphatic heterocycles. The Morgan fingerprint density at radius 3 is 3.00 bits per heavy atom. The molecular formula is C10H8N2O2. The normalized spacial score (nSPS) is 10.9. The van der Waals surface area contributed by atoms with Crippen LogP contribution >= 0.6 is 0 Å². The Kier molecular flexibility index (Phi) is 2.27. The lowest BCUT2D eigenvalue weighted by Crippen LogP contribution is -1.75. The Bertz CT molecular complexity index is 434. The molecule has 0 aromatic carbocycles. The smallest absolute Gasteiger partial charge is 0.149 e. The van der Waals surface area contributed by atoms with Crippen molar-refractivity contribution in [1.29, 1.82) is 0 Å². The number of pyridine rings is 1. The van der Waals surface area contributed by atoms with E-state index in [2.05, 4.69) is 10.1 Å². The van der Waals surface area contributed by atoms with Crippen molar-refractivity contribution in [1.82, 2.24) is 4.98 Å². The number of nitrogens with zero attached hydrogens (tertiary/aromatic N) is 2. The Morgan fingerprint density at radius 1 is 1.36 bits per heavy atom. The number of hydrogen-bond donors (Lipinski definition) is 1. The van der Waals surface area contributed by atoms with E-state index < -0.39 is 0 Å². The van der Waals surface area contributed by atoms with Crippen molar-refractivity contribution >= 4 is 6.21 Å². The first kappa shape index (κ1) is 8.50. The van der Waals surface area contributed by atoms with Crippen molar-refractivity contribution in [3.63, 3.8) is 0 Å². The van der Waals surface area contributed by atoms with Gasteiger partial charge in [0.25, 0.3) is 0 Å². The summed E-state index contributed by atoms with van der Waals surface area (Å²) in [6, 6.07) is 7.25. The topological polar surface area (TPSA) is 58.6 Å². The van der Waals surface area contributed by atoms with Gasteiger partial charge in [-0.2, -0.15) is 0 Å². The minimum atomic E-state index is 0.506. The molecule has 0 saturated heterocycles. The third kappa shape index (κ3) is 1.64. The summed E-state index contributed by atoms with van der Waals surface area (Å²) < 4.78 is 5.36. The van der Waals surface area contributed by atoms with E-state index in [4.69, 9.17) is 9.62 Å². The van der Waals surface area contributed by atoms with E-state index in [1.807, 2.05) is 12.1 Å². The molecule has 4 heteroatoms. The first-order valence-corrected chi connectivity index (χ1v) is 4.08. The zero-order chi connectivity index (χ0) is 9.80. The van der Waals surface area contributed by atoms with Gasteiger partial charge in [0.15, 0.2) is 0 Å². The second-order valence-electron chi connectivity index (χ2n) is 2.69. The van der Waals surface area contributed by atoms with Gasteiger partial charge < -0.3 is 9.62 Å². The van der Waals surface area contributed by atoms with Gasteiger partial charge in [0.05, 0.1) is 0 Å². The third-order valence-electron chi connectivity index (χ3n) is 1.76. The molecule has 0 aliphatic rings. The van der Waals surface area contributed by atoms with Crippen molar-refractivity contribution in [3.05, 3.63) is 42.4 Å². The minimum Gasteiger partial charge on any atom is -0.455 e. The SMILES string of the molecule is ON=Cc1ccc(-c2cccnc2)o1. The van der Waals surface area contributed by atoms with Crippen molar-refractivity contribution in [3.8, 4) is 11.3 Å². The minimum absolute atomic E-state index is 0.506. The molecule has 1 N–H and O–H groups in total. The average molecular weight is 188 g/mol. The van der Waals surface area contributed by atoms with Gasteiger partial charge in [0.1, 0.15) is 17.7 Å². The molecule has 0 radical (unpaired) electrons. The molecule has 0 fully saturated rings. The molecule has 0 spiro atoms. The van der Waals surface area contributed by atoms with Crippen LogP contribution in [-0.2, 0) is 0 Å². The highest BCUT2D eigenvalue weighted by atomic mass is 16.4. The lowest BCUT2D eigenvalue weighted by Gasteiger charge is -1.93. The van der Waals surface area contributed by atoms with E-state index in [1.165, 1.54) is 6.21 Å². The Morgan fingerprint density at radius 2 is 2.29 bits per heavy atom. The lowest BCUT2D eigenvalue weighted by molar-refractivity contribution is 0.321. The molecule has 2 aromatic heterocycles. The highest BCUT2D eigenvalue weighted by Gasteiger charge is 2.02. The van der Waals surface area contributed by atoms with Crippen LogP contribution in [0.2, 0.25) is 0 Å². The van der Waals surface area contributed by atoms with Crippen LogP contribution in [0, 0.1) is 0 Å². The number of rotatable bonds is 2. The molecule has 0 saturated carbocycles. The molecule has 0 bridgehead atoms. The summed E-state index contributed by atoms with van der Waals surface area (Å²) in [6.45, 7) is 0. The van der Waals surface area contributed by atoms with Gasteiger partial charge in [-0.25, -0.2) is 0 Å². The fourth-order valence-electron chi connectivity index (χ4n) is 1.14. The monoisotopic (exact) mass is 188 g/mol. The standard InChI is InChI=1S/C10H8N2O2/c13-12-7-9-3-4-10(14-9)8-2-1-5-11-6-8/h1-7,13H. The van der Waals surface area contributed by atoms with E-state index in [1.54, 1.807) is 24.5 Å². The average Bonchev–Trinajstić information content (AvgIpc) is 2.68. The summed E-state index contributed by atoms with van der Waals surface area (Å²) >= 11 is 0. The maximum Gasteiger partial charge on any atom is 0.149 e. The summed E-state index contributed by atoms with van der Waals surface area (Å²) in [5.74, 6) is 1.21. The fourth-order valence-corrected chi connectivity index (χ4v) is 1.14. The first-order chi connectivity index (χ1) is 6.90. The maximum atomic E-state index is 8.30. The van der Waals surface area contributed by atoms with Crippen molar-refractivity contribution < 1.29 is 9.62 Å². The van der Waals surface area contributed by atoms with Gasteiger partial charge in [-0.05, 0) is 24.3 Å². The zero-order valence-electron chi connectivity index (χ0n) is 7.29. The van der Waals surface area contributed by atoms with Crippen LogP contribution in [-0.4, -0.2) is 16.4 Å². The van der Waals surface area contributed by atoms with E-state index in [0.717, 1.165) is 5.56 Å². The molecule has 2 aromatic rings. The summed E-state index contributed by atoms with van der Waals surface area (Å²) in [5, 5.41) is 11.2. The van der Waals surface area contributed by atoms with E-state index in [-0.39, 0.29) is 0 Å². The second kappa shape index (κ2) is 3.74. The predicted molar refractivity (Wildman–Crippen MR) is 51.3 cm³/mol. The molecule has 0 aliphatic carbocycles. The van der Waals surface area contributed by atoms with Crippen molar-refractivity contribution in [2.75, 3.05) is 0 Å². The quantitative estimate of drug-likeness (QED) is 0.446. The van der Waals surface area contributed by atoms with Gasteiger partial charge in [-0.15, -0.1) is 0 Å². The molecule has 4 nitrogen and oxygen atoms in total. The molecule has 0 unspecified atom stereocenters. The highest BCUT2D eigenvalue weighted by molar-refractivity contribution is 5.76. The Balaban J connectivity index is 2.34. The van der Waals surface area contributed by atoms with Gasteiger partial charge in [-0.1, -0.05) is 5.16 Å². The van der Waals surface area contributed by atoms with Crippen LogP contribution in [0.4, 0.5) is 0 Å². The van der Waals surface area contributed by atoms with Gasteiger partial charge in [-0.3, -0.25) is 4.98 Å². The molecule has 14 heavy (non-hydrogen) atoms. The number of oxime groups is 1. The lowest BCUT2D eigenvalue weighted by atomic mass is 10.2. The summed E-state index contributed by atoms with van der Waals surface area (Å²) in [5.41, 5.74) is 0.894. The fraction of sp³-hybridized carbons (Fsp3) is 0. The molecule has 0 amide bonds. The van der Waals surface area contributed by atoms with Crippen LogP contribution in [0.25, 0.3) is 11.3 Å². The largest absolute Gasteiger partial charge is 0.455 e. The van der Waals surface area contributed by atoms with Crippen molar-refractivity contribution in [2.24, 2.45) is 5.16 Å². The molecule has 70 valence electrons.